The summed E-state index contributed by atoms with van der Waals surface area (Å²) >= 11 is 0. The molecule has 0 spiro atoms. The summed E-state index contributed by atoms with van der Waals surface area (Å²) in [6.45, 7) is 6.13. The third kappa shape index (κ3) is 4.05. The van der Waals surface area contributed by atoms with Gasteiger partial charge >= 0.3 is 0 Å². The maximum atomic E-state index is 12.6. The Kier molecular flexibility index (Phi) is 5.34. The second-order valence-corrected chi connectivity index (χ2v) is 7.53. The van der Waals surface area contributed by atoms with Crippen molar-refractivity contribution < 1.29 is 9.53 Å². The van der Waals surface area contributed by atoms with E-state index in [1.807, 2.05) is 0 Å². The maximum Gasteiger partial charge on any atom is 0.224 e. The normalized spacial score (nSPS) is 25.6. The lowest BCUT2D eigenvalue weighted by molar-refractivity contribution is -0.132. The summed E-state index contributed by atoms with van der Waals surface area (Å²) < 4.78 is 5.47. The molecule has 1 unspecified atom stereocenters. The first-order valence-corrected chi connectivity index (χ1v) is 9.69. The number of ether oxygens (including phenoxy) is 1. The Morgan fingerprint density at radius 1 is 1.12 bits per heavy atom. The summed E-state index contributed by atoms with van der Waals surface area (Å²) in [5.74, 6) is 0.277. The minimum atomic E-state index is 0.185. The smallest absolute Gasteiger partial charge is 0.224 e. The standard InChI is InChI=1S/C20H29N3O2/c24-20(14-18-15-25-11-6-21-18)23-8-3-7-22(9-10-23)19-12-16-4-1-2-5-17(16)13-19/h1-2,4-5,18-19,21H,3,6-15H2. The molecule has 0 saturated carbocycles. The molecule has 4 rings (SSSR count). The highest BCUT2D eigenvalue weighted by molar-refractivity contribution is 5.76. The zero-order valence-electron chi connectivity index (χ0n) is 15.0. The van der Waals surface area contributed by atoms with Crippen molar-refractivity contribution in [2.24, 2.45) is 0 Å². The minimum absolute atomic E-state index is 0.185. The van der Waals surface area contributed by atoms with Gasteiger partial charge in [-0.1, -0.05) is 24.3 Å². The van der Waals surface area contributed by atoms with Gasteiger partial charge in [0.25, 0.3) is 0 Å². The Labute approximate surface area is 150 Å². The Balaban J connectivity index is 1.29. The van der Waals surface area contributed by atoms with Crippen LogP contribution in [0.25, 0.3) is 0 Å². The molecule has 136 valence electrons. The van der Waals surface area contributed by atoms with Crippen molar-refractivity contribution >= 4 is 5.91 Å². The van der Waals surface area contributed by atoms with Gasteiger partial charge in [-0.3, -0.25) is 9.69 Å². The molecule has 0 aromatic heterocycles. The van der Waals surface area contributed by atoms with Crippen LogP contribution in [0.2, 0.25) is 0 Å². The van der Waals surface area contributed by atoms with Crippen molar-refractivity contribution in [2.45, 2.75) is 37.8 Å². The fourth-order valence-electron chi connectivity index (χ4n) is 4.44. The Morgan fingerprint density at radius 2 is 1.92 bits per heavy atom. The molecule has 25 heavy (non-hydrogen) atoms. The zero-order valence-corrected chi connectivity index (χ0v) is 15.0. The number of morpholine rings is 1. The number of hydrogen-bond donors (Lipinski definition) is 1. The van der Waals surface area contributed by atoms with Crippen LogP contribution in [0.5, 0.6) is 0 Å². The first-order chi connectivity index (χ1) is 12.3. The van der Waals surface area contributed by atoms with Gasteiger partial charge in [-0.15, -0.1) is 0 Å². The number of amides is 1. The largest absolute Gasteiger partial charge is 0.378 e. The highest BCUT2D eigenvalue weighted by atomic mass is 16.5. The first kappa shape index (κ1) is 17.0. The summed E-state index contributed by atoms with van der Waals surface area (Å²) in [5.41, 5.74) is 3.01. The number of hydrogen-bond acceptors (Lipinski definition) is 4. The molecule has 3 aliphatic rings. The molecule has 1 amide bonds. The number of carbonyl (C=O) groups is 1. The van der Waals surface area contributed by atoms with E-state index in [0.29, 0.717) is 19.1 Å². The van der Waals surface area contributed by atoms with E-state index in [1.165, 1.54) is 11.1 Å². The van der Waals surface area contributed by atoms with Crippen molar-refractivity contribution in [3.05, 3.63) is 35.4 Å². The van der Waals surface area contributed by atoms with Crippen LogP contribution < -0.4 is 5.32 Å². The Hall–Kier alpha value is -1.43. The van der Waals surface area contributed by atoms with Gasteiger partial charge in [0.05, 0.1) is 13.2 Å². The Morgan fingerprint density at radius 3 is 2.64 bits per heavy atom. The fraction of sp³-hybridized carbons (Fsp3) is 0.650. The van der Waals surface area contributed by atoms with Crippen molar-refractivity contribution in [3.8, 4) is 0 Å². The van der Waals surface area contributed by atoms with E-state index >= 15 is 0 Å². The van der Waals surface area contributed by atoms with E-state index in [9.17, 15) is 4.79 Å². The van der Waals surface area contributed by atoms with Crippen LogP contribution in [0, 0.1) is 0 Å². The molecule has 2 heterocycles. The summed E-state index contributed by atoms with van der Waals surface area (Å²) in [4.78, 5) is 17.3. The van der Waals surface area contributed by atoms with Gasteiger partial charge in [-0.05, 0) is 30.4 Å². The lowest BCUT2D eigenvalue weighted by Crippen LogP contribution is -2.46. The van der Waals surface area contributed by atoms with Gasteiger partial charge in [0.1, 0.15) is 0 Å². The van der Waals surface area contributed by atoms with E-state index in [-0.39, 0.29) is 11.9 Å². The van der Waals surface area contributed by atoms with Gasteiger partial charge < -0.3 is 15.0 Å². The van der Waals surface area contributed by atoms with E-state index in [1.54, 1.807) is 0 Å². The molecule has 5 heteroatoms. The number of carbonyl (C=O) groups excluding carboxylic acids is 1. The summed E-state index contributed by atoms with van der Waals surface area (Å²) in [5, 5.41) is 3.39. The van der Waals surface area contributed by atoms with Crippen molar-refractivity contribution in [1.29, 1.82) is 0 Å². The third-order valence-corrected chi connectivity index (χ3v) is 5.85. The molecule has 2 saturated heterocycles. The van der Waals surface area contributed by atoms with Gasteiger partial charge in [0.2, 0.25) is 5.91 Å². The Bertz CT molecular complexity index is 575. The second-order valence-electron chi connectivity index (χ2n) is 7.53. The van der Waals surface area contributed by atoms with Crippen LogP contribution in [0.3, 0.4) is 0 Å². The minimum Gasteiger partial charge on any atom is -0.378 e. The SMILES string of the molecule is O=C(CC1COCCN1)N1CCCN(C2Cc3ccccc3C2)CC1. The van der Waals surface area contributed by atoms with Crippen LogP contribution >= 0.6 is 0 Å². The van der Waals surface area contributed by atoms with Crippen molar-refractivity contribution in [3.63, 3.8) is 0 Å². The molecule has 0 radical (unpaired) electrons. The average molecular weight is 343 g/mol. The topological polar surface area (TPSA) is 44.8 Å². The zero-order chi connectivity index (χ0) is 17.1. The first-order valence-electron chi connectivity index (χ1n) is 9.69. The highest BCUT2D eigenvalue weighted by Crippen LogP contribution is 2.26. The van der Waals surface area contributed by atoms with E-state index in [0.717, 1.165) is 58.6 Å². The third-order valence-electron chi connectivity index (χ3n) is 5.85. The molecule has 1 aliphatic carbocycles. The number of fused-ring (bicyclic) bond motifs is 1. The summed E-state index contributed by atoms with van der Waals surface area (Å²) in [6.07, 6.45) is 3.96. The highest BCUT2D eigenvalue weighted by Gasteiger charge is 2.29. The lowest BCUT2D eigenvalue weighted by atomic mass is 10.1. The van der Waals surface area contributed by atoms with Crippen molar-refractivity contribution in [2.75, 3.05) is 45.9 Å². The monoisotopic (exact) mass is 343 g/mol. The van der Waals surface area contributed by atoms with E-state index < -0.39 is 0 Å². The number of benzene rings is 1. The molecule has 1 aromatic rings. The predicted molar refractivity (Wildman–Crippen MR) is 97.6 cm³/mol. The predicted octanol–water partition coefficient (Wildman–Crippen LogP) is 1.07. The number of nitrogens with one attached hydrogen (secondary N) is 1. The number of rotatable bonds is 3. The van der Waals surface area contributed by atoms with Gasteiger partial charge in [-0.25, -0.2) is 0 Å². The van der Waals surface area contributed by atoms with Crippen LogP contribution in [0.15, 0.2) is 24.3 Å². The molecular weight excluding hydrogens is 314 g/mol. The number of nitrogens with zero attached hydrogens (tertiary/aromatic N) is 2. The summed E-state index contributed by atoms with van der Waals surface area (Å²) in [7, 11) is 0. The quantitative estimate of drug-likeness (QED) is 0.892. The van der Waals surface area contributed by atoms with E-state index in [4.69, 9.17) is 4.74 Å². The molecule has 1 atom stereocenters. The lowest BCUT2D eigenvalue weighted by Gasteiger charge is -2.28. The van der Waals surface area contributed by atoms with E-state index in [2.05, 4.69) is 39.4 Å². The molecule has 0 bridgehead atoms. The molecule has 1 aromatic carbocycles. The molecular formula is C20H29N3O2. The van der Waals surface area contributed by atoms with Gasteiger partial charge in [-0.2, -0.15) is 0 Å². The molecule has 1 N–H and O–H groups in total. The van der Waals surface area contributed by atoms with Gasteiger partial charge in [0, 0.05) is 51.2 Å². The molecule has 2 fully saturated rings. The molecule has 2 aliphatic heterocycles. The van der Waals surface area contributed by atoms with Crippen LogP contribution in [-0.2, 0) is 22.4 Å². The second kappa shape index (κ2) is 7.85. The van der Waals surface area contributed by atoms with Crippen LogP contribution in [-0.4, -0.2) is 73.7 Å². The average Bonchev–Trinajstić information content (AvgIpc) is 2.91. The van der Waals surface area contributed by atoms with Crippen molar-refractivity contribution in [1.82, 2.24) is 15.1 Å². The molecule has 5 nitrogen and oxygen atoms in total. The van der Waals surface area contributed by atoms with Crippen LogP contribution in [0.1, 0.15) is 24.0 Å². The van der Waals surface area contributed by atoms with Gasteiger partial charge in [0.15, 0.2) is 0 Å². The summed E-state index contributed by atoms with van der Waals surface area (Å²) in [6, 6.07) is 9.62. The maximum absolute atomic E-state index is 12.6. The van der Waals surface area contributed by atoms with Crippen LogP contribution in [0.4, 0.5) is 0 Å². The fourth-order valence-corrected chi connectivity index (χ4v) is 4.44.